The van der Waals surface area contributed by atoms with Gasteiger partial charge in [0.2, 0.25) is 17.9 Å². The molecule has 0 aliphatic carbocycles. The van der Waals surface area contributed by atoms with Crippen molar-refractivity contribution in [2.24, 2.45) is 0 Å². The van der Waals surface area contributed by atoms with Crippen LogP contribution in [0.2, 0.25) is 15.1 Å². The number of nitrogens with zero attached hydrogens (tertiary/aromatic N) is 2. The van der Waals surface area contributed by atoms with Crippen LogP contribution in [0, 0.1) is 0 Å². The number of carbonyl (C=O) groups excluding carboxylic acids is 2. The third-order valence-corrected chi connectivity index (χ3v) is 4.76. The normalized spacial score (nSPS) is 10.7. The minimum absolute atomic E-state index is 0.0638. The van der Waals surface area contributed by atoms with E-state index in [4.69, 9.17) is 34.8 Å². The summed E-state index contributed by atoms with van der Waals surface area (Å²) in [4.78, 5) is 24.7. The van der Waals surface area contributed by atoms with Gasteiger partial charge in [-0.05, 0) is 30.3 Å². The van der Waals surface area contributed by atoms with Crippen molar-refractivity contribution < 1.29 is 14.2 Å². The first-order valence-corrected chi connectivity index (χ1v) is 8.87. The molecule has 0 aliphatic rings. The Morgan fingerprint density at radius 3 is 2.42 bits per heavy atom. The molecule has 0 bridgehead atoms. The molecule has 0 N–H and O–H groups in total. The average molecular weight is 409 g/mol. The summed E-state index contributed by atoms with van der Waals surface area (Å²) in [5.41, 5.74) is 1.03. The number of hydrogen-bond acceptors (Lipinski definition) is 2. The third kappa shape index (κ3) is 4.52. The highest BCUT2D eigenvalue weighted by atomic mass is 35.5. The quantitative estimate of drug-likeness (QED) is 0.445. The van der Waals surface area contributed by atoms with Crippen LogP contribution in [0.25, 0.3) is 0 Å². The Labute approximate surface area is 165 Å². The maximum atomic E-state index is 12.4. The van der Waals surface area contributed by atoms with Crippen LogP contribution in [-0.2, 0) is 13.1 Å². The SMILES string of the molecule is O=C(Cn1cc[n+](CC(=O)c2ccc(Cl)c(Cl)c2)c1)c1cccc(Cl)c1. The maximum absolute atomic E-state index is 12.4. The molecule has 0 saturated carbocycles. The molecule has 7 heteroatoms. The molecule has 0 unspecified atom stereocenters. The molecule has 0 radical (unpaired) electrons. The topological polar surface area (TPSA) is 43.0 Å². The molecule has 26 heavy (non-hydrogen) atoms. The molecule has 0 amide bonds. The lowest BCUT2D eigenvalue weighted by Crippen LogP contribution is -2.36. The van der Waals surface area contributed by atoms with Gasteiger partial charge in [-0.15, -0.1) is 0 Å². The number of hydrogen-bond donors (Lipinski definition) is 0. The minimum atomic E-state index is -0.104. The Balaban J connectivity index is 1.66. The molecule has 1 heterocycles. The Bertz CT molecular complexity index is 982. The minimum Gasteiger partial charge on any atom is -0.290 e. The molecule has 0 atom stereocenters. The van der Waals surface area contributed by atoms with Crippen LogP contribution >= 0.6 is 34.8 Å². The highest BCUT2D eigenvalue weighted by Crippen LogP contribution is 2.22. The van der Waals surface area contributed by atoms with E-state index >= 15 is 0 Å². The smallest absolute Gasteiger partial charge is 0.244 e. The number of rotatable bonds is 6. The van der Waals surface area contributed by atoms with Crippen LogP contribution in [0.15, 0.2) is 61.2 Å². The van der Waals surface area contributed by atoms with Crippen LogP contribution in [0.1, 0.15) is 20.7 Å². The zero-order valence-electron chi connectivity index (χ0n) is 13.5. The van der Waals surface area contributed by atoms with E-state index in [0.29, 0.717) is 26.2 Å². The van der Waals surface area contributed by atoms with Gasteiger partial charge in [0.15, 0.2) is 13.1 Å². The lowest BCUT2D eigenvalue weighted by molar-refractivity contribution is -0.682. The van der Waals surface area contributed by atoms with Crippen molar-refractivity contribution in [3.63, 3.8) is 0 Å². The second-order valence-corrected chi connectivity index (χ2v) is 6.99. The predicted molar refractivity (Wildman–Crippen MR) is 101 cm³/mol. The zero-order valence-corrected chi connectivity index (χ0v) is 15.8. The van der Waals surface area contributed by atoms with Gasteiger partial charge < -0.3 is 0 Å². The number of aromatic nitrogens is 2. The van der Waals surface area contributed by atoms with Gasteiger partial charge in [0, 0.05) is 16.1 Å². The summed E-state index contributed by atoms with van der Waals surface area (Å²) in [6.45, 7) is 0.296. The molecule has 1 aromatic heterocycles. The summed E-state index contributed by atoms with van der Waals surface area (Å²) in [5, 5.41) is 1.26. The monoisotopic (exact) mass is 407 g/mol. The second-order valence-electron chi connectivity index (χ2n) is 5.74. The molecule has 132 valence electrons. The van der Waals surface area contributed by atoms with E-state index in [0.717, 1.165) is 0 Å². The fourth-order valence-electron chi connectivity index (χ4n) is 2.47. The molecule has 4 nitrogen and oxygen atoms in total. The van der Waals surface area contributed by atoms with Crippen molar-refractivity contribution in [2.45, 2.75) is 13.1 Å². The summed E-state index contributed by atoms with van der Waals surface area (Å²) in [6.07, 6.45) is 5.18. The molecule has 2 aromatic carbocycles. The van der Waals surface area contributed by atoms with Crippen molar-refractivity contribution in [1.82, 2.24) is 4.57 Å². The van der Waals surface area contributed by atoms with Crippen LogP contribution in [-0.4, -0.2) is 16.1 Å². The Morgan fingerprint density at radius 2 is 1.69 bits per heavy atom. The predicted octanol–water partition coefficient (Wildman–Crippen LogP) is 4.50. The van der Waals surface area contributed by atoms with Crippen LogP contribution in [0.4, 0.5) is 0 Å². The molecule has 3 rings (SSSR count). The van der Waals surface area contributed by atoms with Gasteiger partial charge in [0.1, 0.15) is 12.4 Å². The van der Waals surface area contributed by atoms with E-state index in [2.05, 4.69) is 0 Å². The van der Waals surface area contributed by atoms with Crippen molar-refractivity contribution in [3.8, 4) is 0 Å². The van der Waals surface area contributed by atoms with Crippen molar-refractivity contribution >= 4 is 46.4 Å². The average Bonchev–Trinajstić information content (AvgIpc) is 3.04. The van der Waals surface area contributed by atoms with Gasteiger partial charge in [-0.25, -0.2) is 9.13 Å². The second kappa shape index (κ2) is 8.04. The lowest BCUT2D eigenvalue weighted by atomic mass is 10.1. The van der Waals surface area contributed by atoms with E-state index in [-0.39, 0.29) is 24.7 Å². The van der Waals surface area contributed by atoms with E-state index in [1.54, 1.807) is 70.3 Å². The molecule has 0 aliphatic heterocycles. The first-order valence-electron chi connectivity index (χ1n) is 7.74. The highest BCUT2D eigenvalue weighted by Gasteiger charge is 2.15. The number of benzene rings is 2. The van der Waals surface area contributed by atoms with Crippen LogP contribution < -0.4 is 4.57 Å². The van der Waals surface area contributed by atoms with E-state index in [1.165, 1.54) is 0 Å². The van der Waals surface area contributed by atoms with Crippen molar-refractivity contribution in [3.05, 3.63) is 87.4 Å². The molecular formula is C19H14Cl3N2O2+. The molecule has 3 aromatic rings. The Kier molecular flexibility index (Phi) is 5.77. The third-order valence-electron chi connectivity index (χ3n) is 3.79. The van der Waals surface area contributed by atoms with Crippen LogP contribution in [0.5, 0.6) is 0 Å². The maximum Gasteiger partial charge on any atom is 0.244 e. The van der Waals surface area contributed by atoms with Gasteiger partial charge in [0.05, 0.1) is 10.0 Å². The summed E-state index contributed by atoms with van der Waals surface area (Å²) in [7, 11) is 0. The van der Waals surface area contributed by atoms with Crippen molar-refractivity contribution in [1.29, 1.82) is 0 Å². The van der Waals surface area contributed by atoms with Gasteiger partial charge in [0.25, 0.3) is 0 Å². The standard InChI is InChI=1S/C19H14Cl3N2O2/c20-15-3-1-2-13(8-15)18(25)10-23-6-7-24(12-23)11-19(26)14-4-5-16(21)17(22)9-14/h1-9,12H,10-11H2/q+1. The Hall–Kier alpha value is -2.14. The van der Waals surface area contributed by atoms with Gasteiger partial charge in [-0.3, -0.25) is 9.59 Å². The summed E-state index contributed by atoms with van der Waals surface area (Å²) in [6, 6.07) is 11.6. The molecule has 0 saturated heterocycles. The fourth-order valence-corrected chi connectivity index (χ4v) is 2.96. The highest BCUT2D eigenvalue weighted by molar-refractivity contribution is 6.42. The van der Waals surface area contributed by atoms with E-state index in [9.17, 15) is 9.59 Å². The van der Waals surface area contributed by atoms with Gasteiger partial charge in [-0.1, -0.05) is 46.9 Å². The van der Waals surface area contributed by atoms with E-state index in [1.807, 2.05) is 0 Å². The molecular weight excluding hydrogens is 395 g/mol. The first kappa shape index (κ1) is 18.6. The molecule has 0 fully saturated rings. The zero-order chi connectivity index (χ0) is 18.7. The summed E-state index contributed by atoms with van der Waals surface area (Å²) < 4.78 is 3.42. The Morgan fingerprint density at radius 1 is 0.923 bits per heavy atom. The van der Waals surface area contributed by atoms with Gasteiger partial charge in [-0.2, -0.15) is 0 Å². The number of imidazole rings is 1. The van der Waals surface area contributed by atoms with Crippen molar-refractivity contribution in [2.75, 3.05) is 0 Å². The molecule has 0 spiro atoms. The lowest BCUT2D eigenvalue weighted by Gasteiger charge is -2.01. The van der Waals surface area contributed by atoms with E-state index < -0.39 is 0 Å². The van der Waals surface area contributed by atoms with Crippen LogP contribution in [0.3, 0.4) is 0 Å². The summed E-state index contributed by atoms with van der Waals surface area (Å²) >= 11 is 17.7. The number of halogens is 3. The largest absolute Gasteiger partial charge is 0.290 e. The first-order chi connectivity index (χ1) is 12.4. The fraction of sp³-hybridized carbons (Fsp3) is 0.105. The number of Topliss-reactive ketones (excluding diaryl/α,β-unsaturated/α-hetero) is 2. The summed E-state index contributed by atoms with van der Waals surface area (Å²) in [5.74, 6) is -0.168. The number of ketones is 2. The van der Waals surface area contributed by atoms with Gasteiger partial charge >= 0.3 is 0 Å². The number of carbonyl (C=O) groups is 2.